The molecule has 0 fully saturated rings. The van der Waals surface area contributed by atoms with Gasteiger partial charge in [-0.05, 0) is 24.0 Å². The van der Waals surface area contributed by atoms with Gasteiger partial charge in [-0.2, -0.15) is 0 Å². The molecule has 3 unspecified atom stereocenters. The lowest BCUT2D eigenvalue weighted by Gasteiger charge is -2.30. The zero-order chi connectivity index (χ0) is 29.0. The number of amides is 2. The van der Waals surface area contributed by atoms with Crippen LogP contribution in [0.3, 0.4) is 0 Å². The summed E-state index contributed by atoms with van der Waals surface area (Å²) in [4.78, 5) is 34.9. The highest BCUT2D eigenvalue weighted by Crippen LogP contribution is 2.28. The molecule has 2 heterocycles. The second-order valence-electron chi connectivity index (χ2n) is 10.2. The molecule has 0 bridgehead atoms. The van der Waals surface area contributed by atoms with Crippen molar-refractivity contribution in [3.8, 4) is 0 Å². The van der Waals surface area contributed by atoms with Crippen molar-refractivity contribution < 1.29 is 19.4 Å². The summed E-state index contributed by atoms with van der Waals surface area (Å²) in [5.74, 6) is 0.0278. The van der Waals surface area contributed by atoms with E-state index in [4.69, 9.17) is 4.74 Å². The van der Waals surface area contributed by atoms with Gasteiger partial charge in [-0.3, -0.25) is 9.78 Å². The van der Waals surface area contributed by atoms with Gasteiger partial charge in [0.2, 0.25) is 5.91 Å². The molecule has 0 spiro atoms. The van der Waals surface area contributed by atoms with Gasteiger partial charge in [0.15, 0.2) is 0 Å². The van der Waals surface area contributed by atoms with Crippen LogP contribution in [-0.4, -0.2) is 45.8 Å². The van der Waals surface area contributed by atoms with Crippen LogP contribution in [0.15, 0.2) is 77.8 Å². The lowest BCUT2D eigenvalue weighted by molar-refractivity contribution is -0.121. The summed E-state index contributed by atoms with van der Waals surface area (Å²) >= 11 is 2.96. The highest BCUT2D eigenvalue weighted by Gasteiger charge is 2.28. The Bertz CT molecular complexity index is 1350. The van der Waals surface area contributed by atoms with Gasteiger partial charge < -0.3 is 20.5 Å². The fourth-order valence-corrected chi connectivity index (χ4v) is 5.90. The summed E-state index contributed by atoms with van der Waals surface area (Å²) in [6.07, 6.45) is 1.18. The molecule has 216 valence electrons. The maximum absolute atomic E-state index is 13.3. The lowest BCUT2D eigenvalue weighted by Crippen LogP contribution is -2.45. The van der Waals surface area contributed by atoms with E-state index in [-0.39, 0.29) is 37.8 Å². The first kappa shape index (κ1) is 30.4. The number of aliphatic hydroxyl groups excluding tert-OH is 1. The Morgan fingerprint density at radius 1 is 1.02 bits per heavy atom. The van der Waals surface area contributed by atoms with Crippen molar-refractivity contribution in [3.63, 3.8) is 0 Å². The van der Waals surface area contributed by atoms with Crippen molar-refractivity contribution in [3.05, 3.63) is 104 Å². The van der Waals surface area contributed by atoms with Gasteiger partial charge in [0.25, 0.3) is 0 Å². The number of carbonyl (C=O) groups excluding carboxylic acids is 2. The molecular weight excluding hydrogens is 556 g/mol. The highest BCUT2D eigenvalue weighted by atomic mass is 32.1. The number of carbonyl (C=O) groups is 2. The number of aromatic nitrogens is 2. The van der Waals surface area contributed by atoms with Gasteiger partial charge in [0.05, 0.1) is 33.6 Å². The van der Waals surface area contributed by atoms with Crippen molar-refractivity contribution in [2.75, 3.05) is 6.54 Å². The Balaban J connectivity index is 1.47. The van der Waals surface area contributed by atoms with Crippen LogP contribution in [-0.2, 0) is 29.0 Å². The van der Waals surface area contributed by atoms with Gasteiger partial charge >= 0.3 is 6.09 Å². The van der Waals surface area contributed by atoms with Crippen LogP contribution in [0, 0.1) is 0 Å². The Morgan fingerprint density at radius 3 is 2.41 bits per heavy atom. The van der Waals surface area contributed by atoms with Crippen LogP contribution in [0.1, 0.15) is 58.8 Å². The molecule has 41 heavy (non-hydrogen) atoms. The van der Waals surface area contributed by atoms with E-state index < -0.39 is 18.2 Å². The van der Waals surface area contributed by atoms with Gasteiger partial charge in [-0.25, -0.2) is 9.78 Å². The van der Waals surface area contributed by atoms with Crippen LogP contribution in [0.25, 0.3) is 0 Å². The third-order valence-electron chi connectivity index (χ3n) is 6.60. The monoisotopic (exact) mass is 592 g/mol. The van der Waals surface area contributed by atoms with Crippen LogP contribution in [0.5, 0.6) is 0 Å². The first-order valence-electron chi connectivity index (χ1n) is 13.7. The number of thiazole rings is 2. The minimum atomic E-state index is -0.912. The van der Waals surface area contributed by atoms with Crippen LogP contribution in [0.2, 0.25) is 0 Å². The Kier molecular flexibility index (Phi) is 11.4. The van der Waals surface area contributed by atoms with Gasteiger partial charge in [-0.15, -0.1) is 22.7 Å². The van der Waals surface area contributed by atoms with E-state index in [0.717, 1.165) is 26.7 Å². The van der Waals surface area contributed by atoms with E-state index in [2.05, 4.69) is 46.6 Å². The molecular formula is C31H36N4O4S2. The van der Waals surface area contributed by atoms with Crippen molar-refractivity contribution in [2.24, 2.45) is 0 Å². The number of hydrogen-bond donors (Lipinski definition) is 3. The van der Waals surface area contributed by atoms with Gasteiger partial charge in [0.1, 0.15) is 6.61 Å². The lowest BCUT2D eigenvalue weighted by atomic mass is 9.83. The van der Waals surface area contributed by atoms with E-state index in [1.807, 2.05) is 53.9 Å². The number of benzene rings is 2. The fraction of sp³-hybridized carbons (Fsp3) is 0.355. The molecule has 4 rings (SSSR count). The molecule has 0 saturated carbocycles. The minimum Gasteiger partial charge on any atom is -0.444 e. The number of alkyl carbamates (subject to hydrolysis) is 1. The SMILES string of the molecule is CC(C)c1nc(CC(=O)NC(CC(O)CNC(=O)OCc2cncs2)C(Cc2ccccc2)c2ccccc2)cs1. The number of nitrogens with zero attached hydrogens (tertiary/aromatic N) is 2. The van der Waals surface area contributed by atoms with Crippen LogP contribution < -0.4 is 10.6 Å². The predicted octanol–water partition coefficient (Wildman–Crippen LogP) is 5.45. The molecule has 2 aromatic carbocycles. The quantitative estimate of drug-likeness (QED) is 0.179. The Morgan fingerprint density at radius 2 is 1.76 bits per heavy atom. The average Bonchev–Trinajstić information content (AvgIpc) is 3.67. The van der Waals surface area contributed by atoms with Crippen molar-refractivity contribution in [2.45, 2.75) is 63.7 Å². The van der Waals surface area contributed by atoms with Crippen LogP contribution in [0.4, 0.5) is 4.79 Å². The zero-order valence-electron chi connectivity index (χ0n) is 23.2. The average molecular weight is 593 g/mol. The number of ether oxygens (including phenoxy) is 1. The number of hydrogen-bond acceptors (Lipinski definition) is 8. The molecule has 0 aliphatic carbocycles. The summed E-state index contributed by atoms with van der Waals surface area (Å²) in [5.41, 5.74) is 4.59. The number of aliphatic hydroxyl groups is 1. The van der Waals surface area contributed by atoms with E-state index in [0.29, 0.717) is 12.3 Å². The fourth-order valence-electron chi connectivity index (χ4n) is 4.55. The van der Waals surface area contributed by atoms with Gasteiger partial charge in [-0.1, -0.05) is 74.5 Å². The molecule has 0 aliphatic heterocycles. The third-order valence-corrected chi connectivity index (χ3v) is 8.55. The molecule has 0 aliphatic rings. The maximum Gasteiger partial charge on any atom is 0.407 e. The molecule has 2 aromatic heterocycles. The molecule has 3 N–H and O–H groups in total. The van der Waals surface area contributed by atoms with Crippen molar-refractivity contribution in [1.82, 2.24) is 20.6 Å². The standard InChI is InChI=1S/C31H36N4O4S2/c1-21(2)30-34-24(19-40-30)14-29(37)35-28(15-25(36)16-33-31(38)39-18-26-17-32-20-41-26)27(23-11-7-4-8-12-23)13-22-9-5-3-6-10-22/h3-12,17,19-21,25,27-28,36H,13-16,18H2,1-2H3,(H,33,38)(H,35,37). The minimum absolute atomic E-state index is 0.00935. The van der Waals surface area contributed by atoms with E-state index in [1.54, 1.807) is 23.0 Å². The third kappa shape index (κ3) is 9.77. The number of rotatable bonds is 14. The first-order chi connectivity index (χ1) is 19.9. The second kappa shape index (κ2) is 15.4. The topological polar surface area (TPSA) is 113 Å². The summed E-state index contributed by atoms with van der Waals surface area (Å²) in [6, 6.07) is 19.7. The molecule has 3 atom stereocenters. The summed E-state index contributed by atoms with van der Waals surface area (Å²) in [6.45, 7) is 4.27. The summed E-state index contributed by atoms with van der Waals surface area (Å²) in [5, 5.41) is 19.8. The zero-order valence-corrected chi connectivity index (χ0v) is 24.9. The van der Waals surface area contributed by atoms with Crippen LogP contribution >= 0.6 is 22.7 Å². The predicted molar refractivity (Wildman–Crippen MR) is 162 cm³/mol. The van der Waals surface area contributed by atoms with E-state index in [9.17, 15) is 14.7 Å². The largest absolute Gasteiger partial charge is 0.444 e. The molecule has 2 amide bonds. The molecule has 10 heteroatoms. The maximum atomic E-state index is 13.3. The van der Waals surface area contributed by atoms with E-state index >= 15 is 0 Å². The summed E-state index contributed by atoms with van der Waals surface area (Å²) < 4.78 is 5.22. The van der Waals surface area contributed by atoms with Crippen molar-refractivity contribution in [1.29, 1.82) is 0 Å². The van der Waals surface area contributed by atoms with Gasteiger partial charge in [0, 0.05) is 36.0 Å². The Labute approximate surface area is 248 Å². The first-order valence-corrected chi connectivity index (χ1v) is 15.4. The molecule has 0 radical (unpaired) electrons. The Hall–Kier alpha value is -3.60. The van der Waals surface area contributed by atoms with E-state index in [1.165, 1.54) is 11.3 Å². The second-order valence-corrected chi connectivity index (χ2v) is 12.1. The normalized spacial score (nSPS) is 13.4. The molecule has 4 aromatic rings. The molecule has 8 nitrogen and oxygen atoms in total. The highest BCUT2D eigenvalue weighted by molar-refractivity contribution is 7.09. The molecule has 0 saturated heterocycles. The number of nitrogens with one attached hydrogen (secondary N) is 2. The smallest absolute Gasteiger partial charge is 0.407 e. The summed E-state index contributed by atoms with van der Waals surface area (Å²) in [7, 11) is 0. The van der Waals surface area contributed by atoms with Crippen molar-refractivity contribution >= 4 is 34.7 Å².